The standard InChI is InChI=1S/C28H23N7OS/c1-27(36)15-28(29,16-27)18-7-5-17(6-8-18)23-20(22-4-2-13-37-22)14-19-21(32-23)9-12-35-25(19)33-34-26(35)24-30-10-3-11-31-24/h2-14,36H,15-16,29H2,1H3. The molecule has 6 aromatic rings. The number of aromatic nitrogens is 6. The van der Waals surface area contributed by atoms with E-state index in [1.807, 2.05) is 29.7 Å². The van der Waals surface area contributed by atoms with E-state index in [-0.39, 0.29) is 0 Å². The van der Waals surface area contributed by atoms with Crippen molar-refractivity contribution in [3.05, 3.63) is 84.1 Å². The molecule has 0 amide bonds. The van der Waals surface area contributed by atoms with Crippen LogP contribution in [0, 0.1) is 0 Å². The summed E-state index contributed by atoms with van der Waals surface area (Å²) in [4.78, 5) is 14.9. The first kappa shape index (κ1) is 22.2. The lowest BCUT2D eigenvalue weighted by atomic mass is 9.63. The Balaban J connectivity index is 1.37. The molecule has 0 bridgehead atoms. The zero-order valence-corrected chi connectivity index (χ0v) is 20.9. The van der Waals surface area contributed by atoms with E-state index in [4.69, 9.17) is 10.7 Å². The lowest BCUT2D eigenvalue weighted by Crippen LogP contribution is -2.58. The highest BCUT2D eigenvalue weighted by Gasteiger charge is 2.49. The maximum absolute atomic E-state index is 10.2. The maximum atomic E-state index is 10.2. The van der Waals surface area contributed by atoms with Crippen LogP contribution in [0.5, 0.6) is 0 Å². The molecule has 0 unspecified atom stereocenters. The molecule has 0 spiro atoms. The summed E-state index contributed by atoms with van der Waals surface area (Å²) in [5.41, 5.74) is 10.9. The maximum Gasteiger partial charge on any atom is 0.206 e. The molecule has 1 aliphatic carbocycles. The number of nitrogens with two attached hydrogens (primary N) is 1. The molecule has 5 aromatic heterocycles. The van der Waals surface area contributed by atoms with Gasteiger partial charge in [-0.05, 0) is 55.0 Å². The first-order chi connectivity index (χ1) is 17.9. The van der Waals surface area contributed by atoms with E-state index >= 15 is 0 Å². The average molecular weight is 506 g/mol. The predicted octanol–water partition coefficient (Wildman–Crippen LogP) is 4.83. The molecule has 5 heterocycles. The fourth-order valence-electron chi connectivity index (χ4n) is 5.47. The summed E-state index contributed by atoms with van der Waals surface area (Å²) in [5.74, 6) is 1.10. The van der Waals surface area contributed by atoms with E-state index in [0.717, 1.165) is 38.2 Å². The molecule has 1 saturated carbocycles. The van der Waals surface area contributed by atoms with Gasteiger partial charge >= 0.3 is 0 Å². The Kier molecular flexibility index (Phi) is 4.78. The van der Waals surface area contributed by atoms with Gasteiger partial charge in [0.15, 0.2) is 11.5 Å². The number of pyridine rings is 2. The third-order valence-electron chi connectivity index (χ3n) is 7.05. The third kappa shape index (κ3) is 3.62. The summed E-state index contributed by atoms with van der Waals surface area (Å²) in [7, 11) is 0. The van der Waals surface area contributed by atoms with Gasteiger partial charge in [0.05, 0.1) is 16.8 Å². The molecular weight excluding hydrogens is 482 g/mol. The quantitative estimate of drug-likeness (QED) is 0.353. The number of aliphatic hydroxyl groups is 1. The van der Waals surface area contributed by atoms with E-state index in [9.17, 15) is 5.11 Å². The Labute approximate surface area is 216 Å². The Hall–Kier alpha value is -4.05. The molecule has 3 N–H and O–H groups in total. The van der Waals surface area contributed by atoms with Crippen LogP contribution in [0.1, 0.15) is 25.3 Å². The first-order valence-corrected chi connectivity index (χ1v) is 12.9. The molecule has 1 fully saturated rings. The van der Waals surface area contributed by atoms with Gasteiger partial charge in [0.2, 0.25) is 5.82 Å². The van der Waals surface area contributed by atoms with Crippen LogP contribution < -0.4 is 5.73 Å². The molecular formula is C28H23N7OS. The minimum absolute atomic E-state index is 0.491. The molecule has 182 valence electrons. The van der Waals surface area contributed by atoms with Crippen molar-refractivity contribution < 1.29 is 5.11 Å². The number of thiophene rings is 1. The lowest BCUT2D eigenvalue weighted by molar-refractivity contribution is -0.0738. The molecule has 8 nitrogen and oxygen atoms in total. The SMILES string of the molecule is CC1(O)CC(N)(c2ccc(-c3nc4ccn5c(-c6ncccn6)nnc5c4cc3-c3cccs3)cc2)C1. The zero-order valence-electron chi connectivity index (χ0n) is 20.0. The smallest absolute Gasteiger partial charge is 0.206 e. The van der Waals surface area contributed by atoms with Gasteiger partial charge in [-0.2, -0.15) is 0 Å². The minimum atomic E-state index is -0.695. The van der Waals surface area contributed by atoms with Gasteiger partial charge in [0, 0.05) is 45.5 Å². The van der Waals surface area contributed by atoms with Crippen LogP contribution in [0.25, 0.3) is 49.9 Å². The summed E-state index contributed by atoms with van der Waals surface area (Å²) in [5, 5.41) is 22.0. The van der Waals surface area contributed by atoms with E-state index in [0.29, 0.717) is 30.1 Å². The molecule has 0 atom stereocenters. The van der Waals surface area contributed by atoms with Crippen LogP contribution in [-0.4, -0.2) is 40.3 Å². The van der Waals surface area contributed by atoms with Crippen molar-refractivity contribution in [2.24, 2.45) is 5.73 Å². The Morgan fingerprint density at radius 3 is 2.49 bits per heavy atom. The van der Waals surface area contributed by atoms with Crippen LogP contribution in [0.3, 0.4) is 0 Å². The second-order valence-electron chi connectivity index (χ2n) is 9.98. The van der Waals surface area contributed by atoms with Gasteiger partial charge in [-0.15, -0.1) is 21.5 Å². The molecule has 9 heteroatoms. The topological polar surface area (TPSA) is 115 Å². The van der Waals surface area contributed by atoms with Crippen molar-refractivity contribution in [2.45, 2.75) is 30.9 Å². The van der Waals surface area contributed by atoms with E-state index in [1.54, 1.807) is 29.8 Å². The number of hydrogen-bond acceptors (Lipinski definition) is 8. The summed E-state index contributed by atoms with van der Waals surface area (Å²) in [6, 6.07) is 18.3. The molecule has 0 aliphatic heterocycles. The zero-order chi connectivity index (χ0) is 25.2. The van der Waals surface area contributed by atoms with Gasteiger partial charge in [-0.25, -0.2) is 15.0 Å². The van der Waals surface area contributed by atoms with Crippen molar-refractivity contribution in [1.82, 2.24) is 29.5 Å². The Morgan fingerprint density at radius 2 is 1.78 bits per heavy atom. The molecule has 0 radical (unpaired) electrons. The highest BCUT2D eigenvalue weighted by atomic mass is 32.1. The fraction of sp³-hybridized carbons (Fsp3) is 0.179. The largest absolute Gasteiger partial charge is 0.390 e. The number of nitrogens with zero attached hydrogens (tertiary/aromatic N) is 6. The second kappa shape index (κ2) is 7.97. The average Bonchev–Trinajstić information content (AvgIpc) is 3.58. The summed E-state index contributed by atoms with van der Waals surface area (Å²) in [6.07, 6.45) is 6.40. The van der Waals surface area contributed by atoms with Crippen LogP contribution in [-0.2, 0) is 5.54 Å². The summed E-state index contributed by atoms with van der Waals surface area (Å²) < 4.78 is 1.90. The van der Waals surface area contributed by atoms with E-state index < -0.39 is 11.1 Å². The van der Waals surface area contributed by atoms with E-state index in [1.165, 1.54) is 0 Å². The normalized spacial score (nSPS) is 21.4. The van der Waals surface area contributed by atoms with Crippen molar-refractivity contribution in [3.63, 3.8) is 0 Å². The van der Waals surface area contributed by atoms with Crippen LogP contribution >= 0.6 is 11.3 Å². The highest BCUT2D eigenvalue weighted by Crippen LogP contribution is 2.46. The van der Waals surface area contributed by atoms with E-state index in [2.05, 4.69) is 61.9 Å². The number of fused-ring (bicyclic) bond motifs is 3. The Bertz CT molecular complexity index is 1750. The minimum Gasteiger partial charge on any atom is -0.390 e. The van der Waals surface area contributed by atoms with Crippen molar-refractivity contribution in [1.29, 1.82) is 0 Å². The Morgan fingerprint density at radius 1 is 1.00 bits per heavy atom. The number of rotatable bonds is 4. The summed E-state index contributed by atoms with van der Waals surface area (Å²) >= 11 is 1.67. The number of benzene rings is 1. The van der Waals surface area contributed by atoms with Crippen molar-refractivity contribution in [3.8, 4) is 33.3 Å². The van der Waals surface area contributed by atoms with Crippen molar-refractivity contribution >= 4 is 27.9 Å². The first-order valence-electron chi connectivity index (χ1n) is 12.0. The second-order valence-corrected chi connectivity index (χ2v) is 10.9. The molecule has 0 saturated heterocycles. The molecule has 37 heavy (non-hydrogen) atoms. The monoisotopic (exact) mass is 505 g/mol. The molecule has 1 aromatic carbocycles. The van der Waals surface area contributed by atoms with Crippen LogP contribution in [0.4, 0.5) is 0 Å². The molecule has 7 rings (SSSR count). The highest BCUT2D eigenvalue weighted by molar-refractivity contribution is 7.13. The van der Waals surface area contributed by atoms with Gasteiger partial charge in [0.25, 0.3) is 0 Å². The molecule has 1 aliphatic rings. The lowest BCUT2D eigenvalue weighted by Gasteiger charge is -2.49. The fourth-order valence-corrected chi connectivity index (χ4v) is 6.22. The predicted molar refractivity (Wildman–Crippen MR) is 144 cm³/mol. The van der Waals surface area contributed by atoms with Crippen molar-refractivity contribution in [2.75, 3.05) is 0 Å². The van der Waals surface area contributed by atoms with Gasteiger partial charge in [-0.3, -0.25) is 4.40 Å². The summed E-state index contributed by atoms with van der Waals surface area (Å²) in [6.45, 7) is 1.83. The van der Waals surface area contributed by atoms with Gasteiger partial charge in [0.1, 0.15) is 0 Å². The van der Waals surface area contributed by atoms with Crippen LogP contribution in [0.15, 0.2) is 78.6 Å². The van der Waals surface area contributed by atoms with Crippen LogP contribution in [0.2, 0.25) is 0 Å². The van der Waals surface area contributed by atoms with Gasteiger partial charge < -0.3 is 10.8 Å². The van der Waals surface area contributed by atoms with Gasteiger partial charge in [-0.1, -0.05) is 30.3 Å². The number of hydrogen-bond donors (Lipinski definition) is 2. The third-order valence-corrected chi connectivity index (χ3v) is 7.95.